The average molecular weight is 257 g/mol. The van der Waals surface area contributed by atoms with Gasteiger partial charge in [-0.05, 0) is 43.4 Å². The summed E-state index contributed by atoms with van der Waals surface area (Å²) in [7, 11) is 0. The van der Waals surface area contributed by atoms with Crippen LogP contribution < -0.4 is 0 Å². The zero-order valence-corrected chi connectivity index (χ0v) is 11.2. The minimum absolute atomic E-state index is 0.571. The first kappa shape index (κ1) is 12.4. The van der Waals surface area contributed by atoms with E-state index in [9.17, 15) is 0 Å². The molecule has 0 aliphatic carbocycles. The van der Waals surface area contributed by atoms with E-state index >= 15 is 0 Å². The number of nitrogens with zero attached hydrogens (tertiary/aromatic N) is 3. The van der Waals surface area contributed by atoms with E-state index in [0.717, 1.165) is 37.6 Å². The Morgan fingerprint density at radius 1 is 1.42 bits per heavy atom. The van der Waals surface area contributed by atoms with E-state index in [-0.39, 0.29) is 0 Å². The molecule has 4 nitrogen and oxygen atoms in total. The van der Waals surface area contributed by atoms with Gasteiger partial charge in [0.15, 0.2) is 0 Å². The first-order chi connectivity index (χ1) is 9.33. The smallest absolute Gasteiger partial charge is 0.138 e. The first-order valence-corrected chi connectivity index (χ1v) is 6.86. The molecule has 4 heteroatoms. The topological polar surface area (TPSA) is 39.9 Å². The lowest BCUT2D eigenvalue weighted by Gasteiger charge is -2.21. The van der Waals surface area contributed by atoms with Gasteiger partial charge in [-0.25, -0.2) is 9.67 Å². The summed E-state index contributed by atoms with van der Waals surface area (Å²) in [6.07, 6.45) is 4.96. The lowest BCUT2D eigenvalue weighted by Crippen LogP contribution is -2.21. The Labute approximate surface area is 113 Å². The Bertz CT molecular complexity index is 544. The molecule has 2 aromatic rings. The van der Waals surface area contributed by atoms with E-state index in [4.69, 9.17) is 4.74 Å². The first-order valence-electron chi connectivity index (χ1n) is 6.86. The van der Waals surface area contributed by atoms with Gasteiger partial charge >= 0.3 is 0 Å². The van der Waals surface area contributed by atoms with E-state index in [0.29, 0.717) is 5.92 Å². The SMILES string of the molecule is Cc1cccc(-n2ncnc2CC2CCCOC2)c1. The second kappa shape index (κ2) is 5.53. The fourth-order valence-electron chi connectivity index (χ4n) is 2.61. The average Bonchev–Trinajstić information content (AvgIpc) is 2.88. The predicted octanol–water partition coefficient (Wildman–Crippen LogP) is 2.54. The standard InChI is InChI=1S/C15H19N3O/c1-12-4-2-6-14(8-12)18-15(16-11-17-18)9-13-5-3-7-19-10-13/h2,4,6,8,11,13H,3,5,7,9-10H2,1H3. The molecule has 1 aromatic carbocycles. The van der Waals surface area contributed by atoms with Crippen LogP contribution in [-0.2, 0) is 11.2 Å². The zero-order valence-electron chi connectivity index (χ0n) is 11.2. The lowest BCUT2D eigenvalue weighted by atomic mass is 9.98. The van der Waals surface area contributed by atoms with Crippen LogP contribution in [0.15, 0.2) is 30.6 Å². The van der Waals surface area contributed by atoms with Gasteiger partial charge < -0.3 is 4.74 Å². The maximum atomic E-state index is 5.54. The van der Waals surface area contributed by atoms with Crippen LogP contribution in [0.2, 0.25) is 0 Å². The largest absolute Gasteiger partial charge is 0.381 e. The molecule has 1 fully saturated rings. The van der Waals surface area contributed by atoms with Crippen LogP contribution in [0.3, 0.4) is 0 Å². The molecule has 0 N–H and O–H groups in total. The number of benzene rings is 1. The molecule has 2 heterocycles. The molecule has 0 amide bonds. The Morgan fingerprint density at radius 2 is 2.37 bits per heavy atom. The van der Waals surface area contributed by atoms with Crippen LogP contribution in [-0.4, -0.2) is 28.0 Å². The molecule has 0 spiro atoms. The molecule has 100 valence electrons. The lowest BCUT2D eigenvalue weighted by molar-refractivity contribution is 0.0541. The summed E-state index contributed by atoms with van der Waals surface area (Å²) in [5.74, 6) is 1.60. The van der Waals surface area contributed by atoms with Gasteiger partial charge in [-0.1, -0.05) is 12.1 Å². The Hall–Kier alpha value is -1.68. The van der Waals surface area contributed by atoms with Gasteiger partial charge in [-0.2, -0.15) is 5.10 Å². The van der Waals surface area contributed by atoms with E-state index in [1.165, 1.54) is 12.0 Å². The van der Waals surface area contributed by atoms with Gasteiger partial charge in [0.2, 0.25) is 0 Å². The van der Waals surface area contributed by atoms with Gasteiger partial charge in [0, 0.05) is 19.6 Å². The molecule has 1 aliphatic rings. The summed E-state index contributed by atoms with van der Waals surface area (Å²) >= 11 is 0. The normalized spacial score (nSPS) is 19.5. The van der Waals surface area contributed by atoms with Crippen molar-refractivity contribution in [1.29, 1.82) is 0 Å². The maximum Gasteiger partial charge on any atom is 0.138 e. The monoisotopic (exact) mass is 257 g/mol. The van der Waals surface area contributed by atoms with E-state index in [1.807, 2.05) is 4.68 Å². The highest BCUT2D eigenvalue weighted by atomic mass is 16.5. The Morgan fingerprint density at radius 3 is 3.16 bits per heavy atom. The van der Waals surface area contributed by atoms with Crippen LogP contribution in [0, 0.1) is 12.8 Å². The van der Waals surface area contributed by atoms with Crippen molar-refractivity contribution < 1.29 is 4.74 Å². The number of aryl methyl sites for hydroxylation is 1. The predicted molar refractivity (Wildman–Crippen MR) is 73.3 cm³/mol. The maximum absolute atomic E-state index is 5.54. The minimum Gasteiger partial charge on any atom is -0.381 e. The number of rotatable bonds is 3. The van der Waals surface area contributed by atoms with Crippen molar-refractivity contribution in [3.8, 4) is 5.69 Å². The molecule has 1 unspecified atom stereocenters. The van der Waals surface area contributed by atoms with Crippen molar-refractivity contribution in [1.82, 2.24) is 14.8 Å². The molecule has 1 saturated heterocycles. The highest BCUT2D eigenvalue weighted by molar-refractivity contribution is 5.35. The summed E-state index contributed by atoms with van der Waals surface area (Å²) < 4.78 is 7.48. The molecule has 3 rings (SSSR count). The summed E-state index contributed by atoms with van der Waals surface area (Å²) in [6.45, 7) is 3.84. The van der Waals surface area contributed by atoms with Crippen molar-refractivity contribution in [2.24, 2.45) is 5.92 Å². The van der Waals surface area contributed by atoms with Crippen LogP contribution in [0.1, 0.15) is 24.2 Å². The highest BCUT2D eigenvalue weighted by Gasteiger charge is 2.18. The third kappa shape index (κ3) is 2.84. The van der Waals surface area contributed by atoms with Gasteiger partial charge in [0.25, 0.3) is 0 Å². The van der Waals surface area contributed by atoms with Crippen molar-refractivity contribution in [3.05, 3.63) is 42.0 Å². The molecule has 1 aliphatic heterocycles. The fourth-order valence-corrected chi connectivity index (χ4v) is 2.61. The number of aromatic nitrogens is 3. The molecule has 0 saturated carbocycles. The zero-order chi connectivity index (χ0) is 13.1. The summed E-state index contributed by atoms with van der Waals surface area (Å²) in [5, 5.41) is 4.36. The summed E-state index contributed by atoms with van der Waals surface area (Å²) in [6, 6.07) is 8.35. The molecule has 0 radical (unpaired) electrons. The van der Waals surface area contributed by atoms with E-state index in [1.54, 1.807) is 6.33 Å². The van der Waals surface area contributed by atoms with Crippen LogP contribution in [0.5, 0.6) is 0 Å². The summed E-state index contributed by atoms with van der Waals surface area (Å²) in [5.41, 5.74) is 2.32. The number of ether oxygens (including phenoxy) is 1. The van der Waals surface area contributed by atoms with Crippen LogP contribution in [0.25, 0.3) is 5.69 Å². The van der Waals surface area contributed by atoms with Crippen molar-refractivity contribution in [2.45, 2.75) is 26.2 Å². The second-order valence-corrected chi connectivity index (χ2v) is 5.21. The number of hydrogen-bond donors (Lipinski definition) is 0. The van der Waals surface area contributed by atoms with Gasteiger partial charge in [0.1, 0.15) is 12.2 Å². The molecule has 0 bridgehead atoms. The van der Waals surface area contributed by atoms with Gasteiger partial charge in [-0.3, -0.25) is 0 Å². The third-order valence-electron chi connectivity index (χ3n) is 3.59. The number of hydrogen-bond acceptors (Lipinski definition) is 3. The second-order valence-electron chi connectivity index (χ2n) is 5.21. The fraction of sp³-hybridized carbons (Fsp3) is 0.467. The van der Waals surface area contributed by atoms with Crippen LogP contribution in [0.4, 0.5) is 0 Å². The third-order valence-corrected chi connectivity index (χ3v) is 3.59. The quantitative estimate of drug-likeness (QED) is 0.848. The van der Waals surface area contributed by atoms with Gasteiger partial charge in [0.05, 0.1) is 5.69 Å². The molecule has 1 aromatic heterocycles. The minimum atomic E-state index is 0.571. The molecular formula is C15H19N3O. The summed E-state index contributed by atoms with van der Waals surface area (Å²) in [4.78, 5) is 4.41. The van der Waals surface area contributed by atoms with Crippen molar-refractivity contribution in [3.63, 3.8) is 0 Å². The highest BCUT2D eigenvalue weighted by Crippen LogP contribution is 2.19. The van der Waals surface area contributed by atoms with Crippen molar-refractivity contribution in [2.75, 3.05) is 13.2 Å². The Kier molecular flexibility index (Phi) is 3.60. The van der Waals surface area contributed by atoms with E-state index in [2.05, 4.69) is 41.3 Å². The van der Waals surface area contributed by atoms with Gasteiger partial charge in [-0.15, -0.1) is 0 Å². The molecule has 19 heavy (non-hydrogen) atoms. The van der Waals surface area contributed by atoms with Crippen LogP contribution >= 0.6 is 0 Å². The molecule has 1 atom stereocenters. The van der Waals surface area contributed by atoms with E-state index < -0.39 is 0 Å². The molecular weight excluding hydrogens is 238 g/mol. The van der Waals surface area contributed by atoms with Crippen molar-refractivity contribution >= 4 is 0 Å². The Balaban J connectivity index is 1.81.